The molecule has 1 heterocycles. The van der Waals surface area contributed by atoms with E-state index in [1.54, 1.807) is 6.20 Å². The lowest BCUT2D eigenvalue weighted by molar-refractivity contribution is 0.533. The summed E-state index contributed by atoms with van der Waals surface area (Å²) in [7, 11) is 0. The Labute approximate surface area is 129 Å². The van der Waals surface area contributed by atoms with Crippen LogP contribution in [0, 0.1) is 0 Å². The van der Waals surface area contributed by atoms with E-state index >= 15 is 0 Å². The Bertz CT molecular complexity index is 567. The lowest BCUT2D eigenvalue weighted by Gasteiger charge is -2.19. The second-order valence-corrected chi connectivity index (χ2v) is 5.34. The third-order valence-electron chi connectivity index (χ3n) is 3.31. The van der Waals surface area contributed by atoms with Crippen molar-refractivity contribution in [1.82, 2.24) is 10.4 Å². The number of nitrogens with zero attached hydrogens (tertiary/aromatic N) is 1. The molecule has 0 radical (unpaired) electrons. The molecule has 20 heavy (non-hydrogen) atoms. The van der Waals surface area contributed by atoms with Crippen LogP contribution in [0.25, 0.3) is 0 Å². The van der Waals surface area contributed by atoms with Gasteiger partial charge in [0.05, 0.1) is 11.7 Å². The number of halogens is 2. The fraction of sp³-hybridized carbons (Fsp3) is 0.267. The monoisotopic (exact) mass is 309 g/mol. The number of hydrogen-bond acceptors (Lipinski definition) is 3. The van der Waals surface area contributed by atoms with E-state index < -0.39 is 0 Å². The van der Waals surface area contributed by atoms with E-state index in [1.807, 2.05) is 24.3 Å². The highest BCUT2D eigenvalue weighted by Gasteiger charge is 2.18. The zero-order valence-corrected chi connectivity index (χ0v) is 12.7. The molecule has 1 aromatic carbocycles. The van der Waals surface area contributed by atoms with Crippen molar-refractivity contribution < 1.29 is 0 Å². The predicted octanol–water partition coefficient (Wildman–Crippen LogP) is 3.70. The molecule has 0 saturated carbocycles. The third kappa shape index (κ3) is 3.30. The lowest BCUT2D eigenvalue weighted by atomic mass is 9.99. The fourth-order valence-electron chi connectivity index (χ4n) is 2.23. The van der Waals surface area contributed by atoms with Crippen LogP contribution < -0.4 is 11.3 Å². The summed E-state index contributed by atoms with van der Waals surface area (Å²) in [6, 6.07) is 9.35. The van der Waals surface area contributed by atoms with Gasteiger partial charge < -0.3 is 0 Å². The molecule has 1 unspecified atom stereocenters. The molecule has 0 aliphatic carbocycles. The summed E-state index contributed by atoms with van der Waals surface area (Å²) in [6.45, 7) is 2.09. The molecular weight excluding hydrogens is 293 g/mol. The van der Waals surface area contributed by atoms with Crippen molar-refractivity contribution in [2.45, 2.75) is 25.8 Å². The molecule has 5 heteroatoms. The van der Waals surface area contributed by atoms with Crippen molar-refractivity contribution in [2.24, 2.45) is 5.84 Å². The zero-order chi connectivity index (χ0) is 14.5. The minimum Gasteiger partial charge on any atom is -0.271 e. The van der Waals surface area contributed by atoms with Gasteiger partial charge in [-0.15, -0.1) is 0 Å². The first-order valence-corrected chi connectivity index (χ1v) is 7.25. The lowest BCUT2D eigenvalue weighted by Crippen LogP contribution is -2.31. The van der Waals surface area contributed by atoms with Crippen LogP contribution in [0.5, 0.6) is 0 Å². The molecule has 1 atom stereocenters. The second kappa shape index (κ2) is 7.04. The zero-order valence-electron chi connectivity index (χ0n) is 11.2. The first kappa shape index (κ1) is 15.3. The maximum Gasteiger partial charge on any atom is 0.0676 e. The Kier molecular flexibility index (Phi) is 5.38. The Hall–Kier alpha value is -1.13. The van der Waals surface area contributed by atoms with Crippen molar-refractivity contribution in [3.8, 4) is 0 Å². The van der Waals surface area contributed by atoms with Crippen molar-refractivity contribution in [2.75, 3.05) is 0 Å². The first-order chi connectivity index (χ1) is 9.67. The SMILES string of the molecule is CCc1cccnc1C(Cc1c(Cl)cccc1Cl)NN. The van der Waals surface area contributed by atoms with Crippen LogP contribution in [0.3, 0.4) is 0 Å². The van der Waals surface area contributed by atoms with Crippen LogP contribution in [0.4, 0.5) is 0 Å². The number of nitrogens with two attached hydrogens (primary N) is 1. The number of pyridine rings is 1. The van der Waals surface area contributed by atoms with Crippen LogP contribution in [-0.4, -0.2) is 4.98 Å². The van der Waals surface area contributed by atoms with E-state index in [-0.39, 0.29) is 6.04 Å². The van der Waals surface area contributed by atoms with Gasteiger partial charge in [-0.05, 0) is 42.2 Å². The summed E-state index contributed by atoms with van der Waals surface area (Å²) in [6.07, 6.45) is 3.27. The summed E-state index contributed by atoms with van der Waals surface area (Å²) in [5, 5.41) is 1.29. The molecule has 106 valence electrons. The second-order valence-electron chi connectivity index (χ2n) is 4.52. The molecule has 3 N–H and O–H groups in total. The van der Waals surface area contributed by atoms with E-state index in [0.717, 1.165) is 17.7 Å². The highest BCUT2D eigenvalue weighted by molar-refractivity contribution is 6.36. The molecular formula is C15H17Cl2N3. The minimum absolute atomic E-state index is 0.122. The van der Waals surface area contributed by atoms with Crippen molar-refractivity contribution in [3.05, 3.63) is 63.4 Å². The molecule has 3 nitrogen and oxygen atoms in total. The Morgan fingerprint density at radius 2 is 1.90 bits per heavy atom. The van der Waals surface area contributed by atoms with E-state index in [4.69, 9.17) is 29.0 Å². The number of aryl methyl sites for hydroxylation is 1. The molecule has 0 spiro atoms. The average Bonchev–Trinajstić information content (AvgIpc) is 2.47. The molecule has 0 bridgehead atoms. The molecule has 0 saturated heterocycles. The van der Waals surface area contributed by atoms with Gasteiger partial charge in [-0.25, -0.2) is 0 Å². The van der Waals surface area contributed by atoms with Gasteiger partial charge in [0.2, 0.25) is 0 Å². The molecule has 0 fully saturated rings. The first-order valence-electron chi connectivity index (χ1n) is 6.50. The third-order valence-corrected chi connectivity index (χ3v) is 4.02. The standard InChI is InChI=1S/C15H17Cl2N3/c1-2-10-5-4-8-19-15(10)14(20-18)9-11-12(16)6-3-7-13(11)17/h3-8,14,20H,2,9,18H2,1H3. The highest BCUT2D eigenvalue weighted by Crippen LogP contribution is 2.29. The maximum atomic E-state index is 6.22. The normalized spacial score (nSPS) is 12.4. The van der Waals surface area contributed by atoms with Crippen molar-refractivity contribution in [3.63, 3.8) is 0 Å². The molecule has 2 aromatic rings. The highest BCUT2D eigenvalue weighted by atomic mass is 35.5. The summed E-state index contributed by atoms with van der Waals surface area (Å²) in [5.41, 5.74) is 5.80. The number of nitrogens with one attached hydrogen (secondary N) is 1. The van der Waals surface area contributed by atoms with Gasteiger partial charge in [0.15, 0.2) is 0 Å². The summed E-state index contributed by atoms with van der Waals surface area (Å²) < 4.78 is 0. The Morgan fingerprint density at radius 3 is 2.50 bits per heavy atom. The largest absolute Gasteiger partial charge is 0.271 e. The predicted molar refractivity (Wildman–Crippen MR) is 83.8 cm³/mol. The van der Waals surface area contributed by atoms with Crippen LogP contribution >= 0.6 is 23.2 Å². The summed E-state index contributed by atoms with van der Waals surface area (Å²) in [5.74, 6) is 5.70. The number of aromatic nitrogens is 1. The van der Waals surface area contributed by atoms with E-state index in [0.29, 0.717) is 16.5 Å². The van der Waals surface area contributed by atoms with Gasteiger partial charge in [0.25, 0.3) is 0 Å². The Morgan fingerprint density at radius 1 is 1.20 bits per heavy atom. The quantitative estimate of drug-likeness (QED) is 0.654. The summed E-state index contributed by atoms with van der Waals surface area (Å²) >= 11 is 12.4. The molecule has 0 aliphatic heterocycles. The van der Waals surface area contributed by atoms with Crippen LogP contribution in [-0.2, 0) is 12.8 Å². The number of hydrazine groups is 1. The van der Waals surface area contributed by atoms with Crippen LogP contribution in [0.15, 0.2) is 36.5 Å². The van der Waals surface area contributed by atoms with E-state index in [2.05, 4.69) is 23.4 Å². The van der Waals surface area contributed by atoms with Crippen molar-refractivity contribution >= 4 is 23.2 Å². The number of hydrogen-bond donors (Lipinski definition) is 2. The fourth-order valence-corrected chi connectivity index (χ4v) is 2.78. The van der Waals surface area contributed by atoms with Gasteiger partial charge in [-0.2, -0.15) is 0 Å². The molecule has 0 aliphatic rings. The van der Waals surface area contributed by atoms with Crippen LogP contribution in [0.2, 0.25) is 10.0 Å². The van der Waals surface area contributed by atoms with E-state index in [9.17, 15) is 0 Å². The Balaban J connectivity index is 2.34. The minimum atomic E-state index is -0.122. The number of benzene rings is 1. The van der Waals surface area contributed by atoms with E-state index in [1.165, 1.54) is 5.56 Å². The molecule has 2 rings (SSSR count). The van der Waals surface area contributed by atoms with Crippen LogP contribution in [0.1, 0.15) is 29.8 Å². The van der Waals surface area contributed by atoms with Gasteiger partial charge in [-0.1, -0.05) is 42.3 Å². The number of rotatable bonds is 5. The molecule has 0 amide bonds. The average molecular weight is 310 g/mol. The van der Waals surface area contributed by atoms with Crippen molar-refractivity contribution in [1.29, 1.82) is 0 Å². The summed E-state index contributed by atoms with van der Waals surface area (Å²) in [4.78, 5) is 4.45. The van der Waals surface area contributed by atoms with Gasteiger partial charge in [0, 0.05) is 16.2 Å². The molecule has 1 aromatic heterocycles. The smallest absolute Gasteiger partial charge is 0.0676 e. The van der Waals surface area contributed by atoms with Gasteiger partial charge in [0.1, 0.15) is 0 Å². The van der Waals surface area contributed by atoms with Gasteiger partial charge in [-0.3, -0.25) is 16.3 Å². The van der Waals surface area contributed by atoms with Gasteiger partial charge >= 0.3 is 0 Å². The maximum absolute atomic E-state index is 6.22. The topological polar surface area (TPSA) is 50.9 Å².